The number of hydrogen-bond donors (Lipinski definition) is 1. The van der Waals surface area contributed by atoms with Gasteiger partial charge in [0.05, 0.1) is 12.8 Å². The number of halogens is 3. The maximum Gasteiger partial charge on any atom is 0.162 e. The summed E-state index contributed by atoms with van der Waals surface area (Å²) in [7, 11) is 0. The van der Waals surface area contributed by atoms with Crippen molar-refractivity contribution >= 4 is 0 Å². The van der Waals surface area contributed by atoms with Gasteiger partial charge in [0.25, 0.3) is 0 Å². The molecule has 0 saturated heterocycles. The van der Waals surface area contributed by atoms with Crippen LogP contribution in [0.2, 0.25) is 0 Å². The second-order valence-electron chi connectivity index (χ2n) is 4.65. The van der Waals surface area contributed by atoms with Crippen molar-refractivity contribution in [2.45, 2.75) is 19.1 Å². The van der Waals surface area contributed by atoms with Crippen LogP contribution in [0.3, 0.4) is 0 Å². The zero-order valence-electron chi connectivity index (χ0n) is 11.4. The molecule has 0 aliphatic carbocycles. The summed E-state index contributed by atoms with van der Waals surface area (Å²) >= 11 is 0. The summed E-state index contributed by atoms with van der Waals surface area (Å²) in [5, 5.41) is 3.03. The summed E-state index contributed by atoms with van der Waals surface area (Å²) in [6, 6.07) is 5.31. The highest BCUT2D eigenvalue weighted by atomic mass is 19.2. The molecule has 0 amide bonds. The third-order valence-electron chi connectivity index (χ3n) is 3.05. The molecule has 0 fully saturated rings. The van der Waals surface area contributed by atoms with Crippen molar-refractivity contribution in [3.05, 3.63) is 71.7 Å². The minimum absolute atomic E-state index is 0.00929. The molecule has 21 heavy (non-hydrogen) atoms. The van der Waals surface area contributed by atoms with Gasteiger partial charge in [0.1, 0.15) is 11.9 Å². The van der Waals surface area contributed by atoms with E-state index in [0.29, 0.717) is 24.4 Å². The second-order valence-corrected chi connectivity index (χ2v) is 4.65. The molecule has 2 rings (SSSR count). The maximum absolute atomic E-state index is 14.1. The normalized spacial score (nSPS) is 12.3. The Morgan fingerprint density at radius 3 is 2.90 bits per heavy atom. The molecule has 0 aliphatic rings. The molecule has 1 heterocycles. The smallest absolute Gasteiger partial charge is 0.162 e. The zero-order valence-corrected chi connectivity index (χ0v) is 11.4. The van der Waals surface area contributed by atoms with Gasteiger partial charge in [0.2, 0.25) is 0 Å². The van der Waals surface area contributed by atoms with Gasteiger partial charge >= 0.3 is 0 Å². The van der Waals surface area contributed by atoms with Crippen molar-refractivity contribution < 1.29 is 17.6 Å². The lowest BCUT2D eigenvalue weighted by Crippen LogP contribution is -2.11. The maximum atomic E-state index is 14.1. The largest absolute Gasteiger partial charge is 0.468 e. The van der Waals surface area contributed by atoms with Crippen LogP contribution >= 0.6 is 0 Å². The van der Waals surface area contributed by atoms with Crippen LogP contribution in [-0.2, 0) is 13.0 Å². The third-order valence-corrected chi connectivity index (χ3v) is 3.05. The van der Waals surface area contributed by atoms with Gasteiger partial charge in [-0.05, 0) is 17.7 Å². The lowest BCUT2D eigenvalue weighted by Gasteiger charge is -2.07. The number of furan rings is 1. The number of rotatable bonds is 7. The molecule has 1 atom stereocenters. The summed E-state index contributed by atoms with van der Waals surface area (Å²) in [6.45, 7) is 4.63. The number of alkyl halides is 1. The quantitative estimate of drug-likeness (QED) is 0.615. The first-order chi connectivity index (χ1) is 10.1. The van der Waals surface area contributed by atoms with Crippen LogP contribution in [0.4, 0.5) is 13.2 Å². The molecule has 0 bridgehead atoms. The van der Waals surface area contributed by atoms with E-state index in [1.807, 2.05) is 0 Å². The topological polar surface area (TPSA) is 25.2 Å². The van der Waals surface area contributed by atoms with Gasteiger partial charge in [-0.25, -0.2) is 13.2 Å². The van der Waals surface area contributed by atoms with Gasteiger partial charge < -0.3 is 9.73 Å². The molecule has 112 valence electrons. The van der Waals surface area contributed by atoms with Crippen LogP contribution in [0, 0.1) is 11.6 Å². The van der Waals surface area contributed by atoms with Gasteiger partial charge in [-0.2, -0.15) is 0 Å². The van der Waals surface area contributed by atoms with Crippen LogP contribution in [0.25, 0.3) is 0 Å². The fraction of sp³-hybridized carbons (Fsp3) is 0.250. The molecule has 5 heteroatoms. The molecular formula is C16H16F3NO. The minimum Gasteiger partial charge on any atom is -0.468 e. The Morgan fingerprint density at radius 2 is 2.14 bits per heavy atom. The molecular weight excluding hydrogens is 279 g/mol. The number of benzene rings is 1. The van der Waals surface area contributed by atoms with E-state index in [1.165, 1.54) is 18.4 Å². The van der Waals surface area contributed by atoms with Crippen molar-refractivity contribution in [1.29, 1.82) is 0 Å². The van der Waals surface area contributed by atoms with E-state index in [9.17, 15) is 13.2 Å². The first-order valence-corrected chi connectivity index (χ1v) is 6.57. The van der Waals surface area contributed by atoms with Crippen LogP contribution in [0.5, 0.6) is 0 Å². The van der Waals surface area contributed by atoms with Crippen molar-refractivity contribution in [1.82, 2.24) is 5.32 Å². The Balaban J connectivity index is 2.01. The van der Waals surface area contributed by atoms with Gasteiger partial charge in [0.15, 0.2) is 11.6 Å². The molecule has 0 saturated carbocycles. The molecule has 2 aromatic rings. The van der Waals surface area contributed by atoms with E-state index < -0.39 is 17.8 Å². The molecule has 0 aliphatic heterocycles. The molecule has 1 N–H and O–H groups in total. The monoisotopic (exact) mass is 295 g/mol. The molecule has 0 radical (unpaired) electrons. The highest BCUT2D eigenvalue weighted by Gasteiger charge is 2.17. The van der Waals surface area contributed by atoms with Crippen LogP contribution < -0.4 is 5.32 Å². The molecule has 1 aromatic heterocycles. The summed E-state index contributed by atoms with van der Waals surface area (Å²) in [6.07, 6.45) is 1.32. The highest BCUT2D eigenvalue weighted by molar-refractivity contribution is 5.23. The Labute approximate surface area is 121 Å². The van der Waals surface area contributed by atoms with Crippen molar-refractivity contribution in [3.63, 3.8) is 0 Å². The fourth-order valence-electron chi connectivity index (χ4n) is 1.97. The number of nitrogens with one attached hydrogen (secondary N) is 1. The fourth-order valence-corrected chi connectivity index (χ4v) is 1.97. The Morgan fingerprint density at radius 1 is 1.33 bits per heavy atom. The summed E-state index contributed by atoms with van der Waals surface area (Å²) in [5.41, 5.74) is 0.323. The van der Waals surface area contributed by atoms with Gasteiger partial charge in [0, 0.05) is 18.5 Å². The van der Waals surface area contributed by atoms with E-state index in [2.05, 4.69) is 11.9 Å². The summed E-state index contributed by atoms with van der Waals surface area (Å²) in [4.78, 5) is 0. The van der Waals surface area contributed by atoms with Crippen LogP contribution in [0.15, 0.2) is 47.6 Å². The molecule has 0 spiro atoms. The predicted molar refractivity (Wildman–Crippen MR) is 74.5 cm³/mol. The van der Waals surface area contributed by atoms with E-state index in [-0.39, 0.29) is 12.0 Å². The predicted octanol–water partition coefficient (Wildman–Crippen LogP) is 4.09. The summed E-state index contributed by atoms with van der Waals surface area (Å²) < 4.78 is 45.9. The average molecular weight is 295 g/mol. The first kappa shape index (κ1) is 15.4. The van der Waals surface area contributed by atoms with E-state index >= 15 is 0 Å². The van der Waals surface area contributed by atoms with Crippen molar-refractivity contribution in [2.24, 2.45) is 0 Å². The van der Waals surface area contributed by atoms with Gasteiger partial charge in [-0.1, -0.05) is 18.2 Å². The number of hydrogen-bond acceptors (Lipinski definition) is 2. The lowest BCUT2D eigenvalue weighted by atomic mass is 10.0. The SMILES string of the molecule is C=CCNCc1cc(C(F)Cc2cccc(F)c2F)co1. The van der Waals surface area contributed by atoms with E-state index in [1.54, 1.807) is 12.1 Å². The van der Waals surface area contributed by atoms with E-state index in [0.717, 1.165) is 6.07 Å². The Hall–Kier alpha value is -2.01. The van der Waals surface area contributed by atoms with Crippen molar-refractivity contribution in [2.75, 3.05) is 6.54 Å². The van der Waals surface area contributed by atoms with Crippen LogP contribution in [0.1, 0.15) is 23.1 Å². The van der Waals surface area contributed by atoms with Crippen molar-refractivity contribution in [3.8, 4) is 0 Å². The van der Waals surface area contributed by atoms with Gasteiger partial charge in [-0.15, -0.1) is 6.58 Å². The Kier molecular flexibility index (Phi) is 5.22. The second kappa shape index (κ2) is 7.13. The third kappa shape index (κ3) is 3.98. The molecule has 2 nitrogen and oxygen atoms in total. The minimum atomic E-state index is -1.45. The summed E-state index contributed by atoms with van der Waals surface area (Å²) in [5.74, 6) is -1.40. The van der Waals surface area contributed by atoms with Crippen LogP contribution in [-0.4, -0.2) is 6.54 Å². The molecule has 1 aromatic carbocycles. The molecule has 1 unspecified atom stereocenters. The van der Waals surface area contributed by atoms with E-state index in [4.69, 9.17) is 4.42 Å². The first-order valence-electron chi connectivity index (χ1n) is 6.57. The van der Waals surface area contributed by atoms with Gasteiger partial charge in [-0.3, -0.25) is 0 Å². The Bertz CT molecular complexity index is 609. The zero-order chi connectivity index (χ0) is 15.2. The lowest BCUT2D eigenvalue weighted by molar-refractivity contribution is 0.334. The highest BCUT2D eigenvalue weighted by Crippen LogP contribution is 2.26. The average Bonchev–Trinajstić information content (AvgIpc) is 2.93. The standard InChI is InChI=1S/C16H16F3NO/c1-2-6-20-9-13-7-12(10-21-13)15(18)8-11-4-3-5-14(17)16(11)19/h2-5,7,10,15,20H,1,6,8-9H2.